The number of hydrogen-bond acceptors (Lipinski definition) is 4. The molecule has 1 aliphatic heterocycles. The molecule has 21 heavy (non-hydrogen) atoms. The Morgan fingerprint density at radius 2 is 2.29 bits per heavy atom. The highest BCUT2D eigenvalue weighted by molar-refractivity contribution is 5.96. The molecule has 2 aromatic rings. The van der Waals surface area contributed by atoms with Gasteiger partial charge in [-0.2, -0.15) is 0 Å². The molecule has 2 aromatic heterocycles. The largest absolute Gasteiger partial charge is 0.467 e. The molecule has 0 spiro atoms. The number of carbonyl (C=O) groups is 2. The zero-order valence-electron chi connectivity index (χ0n) is 11.4. The molecule has 0 saturated carbocycles. The first kappa shape index (κ1) is 13.4. The topological polar surface area (TPSA) is 75.4 Å². The van der Waals surface area contributed by atoms with Crippen LogP contribution in [0.3, 0.4) is 0 Å². The fraction of sp³-hybridized carbons (Fsp3) is 0.267. The van der Waals surface area contributed by atoms with E-state index in [1.807, 2.05) is 6.07 Å². The molecule has 1 N–H and O–H groups in total. The lowest BCUT2D eigenvalue weighted by Gasteiger charge is -2.14. The van der Waals surface area contributed by atoms with Crippen molar-refractivity contribution in [1.82, 2.24) is 9.88 Å². The van der Waals surface area contributed by atoms with Crippen molar-refractivity contribution >= 4 is 17.6 Å². The van der Waals surface area contributed by atoms with Crippen LogP contribution in [0.1, 0.15) is 12.2 Å². The van der Waals surface area contributed by atoms with E-state index >= 15 is 0 Å². The van der Waals surface area contributed by atoms with Crippen LogP contribution in [0, 0.1) is 5.92 Å². The first-order valence-corrected chi connectivity index (χ1v) is 6.74. The molecule has 2 amide bonds. The summed E-state index contributed by atoms with van der Waals surface area (Å²) >= 11 is 0. The van der Waals surface area contributed by atoms with Crippen molar-refractivity contribution in [2.45, 2.75) is 13.0 Å². The van der Waals surface area contributed by atoms with Gasteiger partial charge < -0.3 is 14.6 Å². The third-order valence-electron chi connectivity index (χ3n) is 3.43. The quantitative estimate of drug-likeness (QED) is 0.927. The number of furan rings is 1. The maximum absolute atomic E-state index is 12.2. The molecule has 3 rings (SSSR count). The summed E-state index contributed by atoms with van der Waals surface area (Å²) < 4.78 is 5.23. The average molecular weight is 285 g/mol. The second kappa shape index (κ2) is 5.78. The number of carbonyl (C=O) groups excluding carboxylic acids is 2. The molecule has 3 heterocycles. The van der Waals surface area contributed by atoms with Gasteiger partial charge in [0.15, 0.2) is 0 Å². The molecule has 6 heteroatoms. The van der Waals surface area contributed by atoms with E-state index in [9.17, 15) is 9.59 Å². The number of pyridine rings is 1. The normalized spacial score (nSPS) is 18.0. The highest BCUT2D eigenvalue weighted by atomic mass is 16.3. The first-order valence-electron chi connectivity index (χ1n) is 6.74. The summed E-state index contributed by atoms with van der Waals surface area (Å²) in [6, 6.07) is 8.89. The second-order valence-corrected chi connectivity index (χ2v) is 4.96. The summed E-state index contributed by atoms with van der Waals surface area (Å²) in [7, 11) is 0. The van der Waals surface area contributed by atoms with Gasteiger partial charge in [0.05, 0.1) is 18.7 Å². The van der Waals surface area contributed by atoms with Crippen LogP contribution >= 0.6 is 0 Å². The number of rotatable bonds is 4. The molecule has 0 radical (unpaired) electrons. The molecular weight excluding hydrogens is 270 g/mol. The number of nitrogens with zero attached hydrogens (tertiary/aromatic N) is 2. The monoisotopic (exact) mass is 285 g/mol. The molecule has 1 atom stereocenters. The van der Waals surface area contributed by atoms with Gasteiger partial charge in [-0.1, -0.05) is 6.07 Å². The first-order chi connectivity index (χ1) is 10.2. The van der Waals surface area contributed by atoms with E-state index in [-0.39, 0.29) is 24.2 Å². The smallest absolute Gasteiger partial charge is 0.230 e. The van der Waals surface area contributed by atoms with Crippen LogP contribution < -0.4 is 5.32 Å². The van der Waals surface area contributed by atoms with Crippen LogP contribution in [0.15, 0.2) is 47.2 Å². The van der Waals surface area contributed by atoms with E-state index in [4.69, 9.17) is 4.42 Å². The van der Waals surface area contributed by atoms with Crippen molar-refractivity contribution < 1.29 is 14.0 Å². The number of likely N-dealkylation sites (tertiary alicyclic amines) is 1. The molecule has 1 saturated heterocycles. The molecule has 108 valence electrons. The number of aromatic nitrogens is 1. The summed E-state index contributed by atoms with van der Waals surface area (Å²) in [6.07, 6.45) is 3.40. The standard InChI is InChI=1S/C15H15N3O3/c19-14-8-11(9-18(14)10-12-4-3-7-21-12)15(20)17-13-5-1-2-6-16-13/h1-7,11H,8-10H2,(H,16,17,20)/t11-/m1/s1. The van der Waals surface area contributed by atoms with E-state index in [1.165, 1.54) is 0 Å². The Labute approximate surface area is 121 Å². The lowest BCUT2D eigenvalue weighted by atomic mass is 10.1. The number of nitrogens with one attached hydrogen (secondary N) is 1. The Morgan fingerprint density at radius 1 is 1.38 bits per heavy atom. The highest BCUT2D eigenvalue weighted by Crippen LogP contribution is 2.21. The van der Waals surface area contributed by atoms with Crippen LogP contribution in [-0.4, -0.2) is 28.2 Å². The molecule has 0 bridgehead atoms. The average Bonchev–Trinajstić information content (AvgIpc) is 3.11. The van der Waals surface area contributed by atoms with E-state index in [0.29, 0.717) is 24.7 Å². The van der Waals surface area contributed by atoms with Gasteiger partial charge in [-0.25, -0.2) is 4.98 Å². The summed E-state index contributed by atoms with van der Waals surface area (Å²) in [4.78, 5) is 29.8. The van der Waals surface area contributed by atoms with Gasteiger partial charge in [0.25, 0.3) is 0 Å². The fourth-order valence-corrected chi connectivity index (χ4v) is 2.36. The molecule has 0 unspecified atom stereocenters. The van der Waals surface area contributed by atoms with Gasteiger partial charge in [-0.05, 0) is 24.3 Å². The van der Waals surface area contributed by atoms with Crippen molar-refractivity contribution in [3.05, 3.63) is 48.6 Å². The predicted octanol–water partition coefficient (Wildman–Crippen LogP) is 1.66. The minimum atomic E-state index is -0.352. The highest BCUT2D eigenvalue weighted by Gasteiger charge is 2.34. The Hall–Kier alpha value is -2.63. The van der Waals surface area contributed by atoms with Crippen molar-refractivity contribution in [3.8, 4) is 0 Å². The van der Waals surface area contributed by atoms with E-state index < -0.39 is 0 Å². The zero-order valence-corrected chi connectivity index (χ0v) is 11.4. The molecule has 1 aliphatic rings. The molecule has 6 nitrogen and oxygen atoms in total. The van der Waals surface area contributed by atoms with Crippen LogP contribution in [0.5, 0.6) is 0 Å². The van der Waals surface area contributed by atoms with E-state index in [2.05, 4.69) is 10.3 Å². The summed E-state index contributed by atoms with van der Waals surface area (Å²) in [5.41, 5.74) is 0. The van der Waals surface area contributed by atoms with Crippen LogP contribution in [0.4, 0.5) is 5.82 Å². The number of hydrogen-bond donors (Lipinski definition) is 1. The van der Waals surface area contributed by atoms with Crippen molar-refractivity contribution in [2.24, 2.45) is 5.92 Å². The van der Waals surface area contributed by atoms with Crippen LogP contribution in [0.2, 0.25) is 0 Å². The third-order valence-corrected chi connectivity index (χ3v) is 3.43. The summed E-state index contributed by atoms with van der Waals surface area (Å²) in [5.74, 6) is 0.652. The summed E-state index contributed by atoms with van der Waals surface area (Å²) in [6.45, 7) is 0.803. The van der Waals surface area contributed by atoms with Gasteiger partial charge in [0.2, 0.25) is 11.8 Å². The maximum Gasteiger partial charge on any atom is 0.230 e. The lowest BCUT2D eigenvalue weighted by molar-refractivity contribution is -0.128. The summed E-state index contributed by atoms with van der Waals surface area (Å²) in [5, 5.41) is 2.73. The van der Waals surface area contributed by atoms with Crippen LogP contribution in [-0.2, 0) is 16.1 Å². The third kappa shape index (κ3) is 3.10. The molecule has 0 aromatic carbocycles. The van der Waals surface area contributed by atoms with Crippen molar-refractivity contribution in [2.75, 3.05) is 11.9 Å². The van der Waals surface area contributed by atoms with Crippen molar-refractivity contribution in [3.63, 3.8) is 0 Å². The second-order valence-electron chi connectivity index (χ2n) is 4.96. The van der Waals surface area contributed by atoms with Gasteiger partial charge in [0.1, 0.15) is 11.6 Å². The predicted molar refractivity (Wildman–Crippen MR) is 75.1 cm³/mol. The Morgan fingerprint density at radius 3 is 3.00 bits per heavy atom. The van der Waals surface area contributed by atoms with Crippen molar-refractivity contribution in [1.29, 1.82) is 0 Å². The lowest BCUT2D eigenvalue weighted by Crippen LogP contribution is -2.28. The van der Waals surface area contributed by atoms with Gasteiger partial charge in [-0.15, -0.1) is 0 Å². The minimum absolute atomic E-state index is 0.0347. The SMILES string of the molecule is O=C(Nc1ccccn1)[C@@H]1CC(=O)N(Cc2ccco2)C1. The number of amides is 2. The molecular formula is C15H15N3O3. The van der Waals surface area contributed by atoms with Gasteiger partial charge in [-0.3, -0.25) is 9.59 Å². The van der Waals surface area contributed by atoms with Gasteiger partial charge >= 0.3 is 0 Å². The molecule has 0 aliphatic carbocycles. The minimum Gasteiger partial charge on any atom is -0.467 e. The maximum atomic E-state index is 12.2. The fourth-order valence-electron chi connectivity index (χ4n) is 2.36. The zero-order chi connectivity index (χ0) is 14.7. The van der Waals surface area contributed by atoms with E-state index in [0.717, 1.165) is 0 Å². The molecule has 1 fully saturated rings. The Bertz CT molecular complexity index is 625. The van der Waals surface area contributed by atoms with Crippen LogP contribution in [0.25, 0.3) is 0 Å². The Kier molecular flexibility index (Phi) is 3.68. The van der Waals surface area contributed by atoms with Gasteiger partial charge in [0, 0.05) is 19.2 Å². The van der Waals surface area contributed by atoms with E-state index in [1.54, 1.807) is 41.6 Å². The Balaban J connectivity index is 1.60. The number of anilines is 1.